The van der Waals surface area contributed by atoms with Crippen molar-refractivity contribution in [2.45, 2.75) is 25.9 Å². The molecule has 0 radical (unpaired) electrons. The van der Waals surface area contributed by atoms with Crippen molar-refractivity contribution in [3.8, 4) is 11.5 Å². The van der Waals surface area contributed by atoms with Crippen molar-refractivity contribution in [2.24, 2.45) is 0 Å². The van der Waals surface area contributed by atoms with Gasteiger partial charge in [0.1, 0.15) is 5.65 Å². The van der Waals surface area contributed by atoms with Crippen molar-refractivity contribution in [1.82, 2.24) is 14.3 Å². The fourth-order valence-electron chi connectivity index (χ4n) is 4.55. The predicted octanol–water partition coefficient (Wildman–Crippen LogP) is 4.23. The van der Waals surface area contributed by atoms with Gasteiger partial charge >= 0.3 is 0 Å². The van der Waals surface area contributed by atoms with E-state index in [0.29, 0.717) is 12.2 Å². The monoisotopic (exact) mass is 447 g/mol. The summed E-state index contributed by atoms with van der Waals surface area (Å²) in [5.41, 5.74) is 4.92. The summed E-state index contributed by atoms with van der Waals surface area (Å²) in [6.45, 7) is 3.44. The van der Waals surface area contributed by atoms with Crippen molar-refractivity contribution in [2.75, 3.05) is 20.8 Å². The fraction of sp³-hybridized carbons (Fsp3) is 0.280. The molecule has 0 amide bonds. The van der Waals surface area contributed by atoms with Crippen molar-refractivity contribution >= 4 is 17.0 Å². The molecule has 0 aliphatic carbocycles. The van der Waals surface area contributed by atoms with E-state index in [1.807, 2.05) is 19.1 Å². The molecule has 1 aliphatic heterocycles. The van der Waals surface area contributed by atoms with Crippen LogP contribution in [0.25, 0.3) is 5.65 Å². The maximum absolute atomic E-state index is 12.7. The second-order valence-electron chi connectivity index (χ2n) is 8.01. The largest absolute Gasteiger partial charge is 0.493 e. The Labute approximate surface area is 190 Å². The van der Waals surface area contributed by atoms with Crippen LogP contribution in [0.1, 0.15) is 33.3 Å². The first kappa shape index (κ1) is 20.7. The van der Waals surface area contributed by atoms with Gasteiger partial charge in [0.25, 0.3) is 5.56 Å². The van der Waals surface area contributed by atoms with Crippen molar-refractivity contribution in [3.63, 3.8) is 0 Å². The summed E-state index contributed by atoms with van der Waals surface area (Å²) in [5.74, 6) is 1.48. The number of rotatable bonds is 5. The topological polar surface area (TPSA) is 56.1 Å². The number of thiophene rings is 1. The maximum atomic E-state index is 12.7. The van der Waals surface area contributed by atoms with Crippen molar-refractivity contribution in [3.05, 3.63) is 91.7 Å². The minimum absolute atomic E-state index is 0.0508. The van der Waals surface area contributed by atoms with Gasteiger partial charge in [0.2, 0.25) is 0 Å². The Balaban J connectivity index is 1.58. The Morgan fingerprint density at radius 1 is 1.12 bits per heavy atom. The summed E-state index contributed by atoms with van der Waals surface area (Å²) in [6.07, 6.45) is 2.66. The third-order valence-electron chi connectivity index (χ3n) is 6.09. The number of ether oxygens (including phenoxy) is 2. The van der Waals surface area contributed by atoms with Crippen LogP contribution in [0.4, 0.5) is 0 Å². The smallest absolute Gasteiger partial charge is 0.258 e. The molecule has 6 nitrogen and oxygen atoms in total. The van der Waals surface area contributed by atoms with Gasteiger partial charge in [0.05, 0.1) is 26.0 Å². The highest BCUT2D eigenvalue weighted by molar-refractivity contribution is 7.10. The Morgan fingerprint density at radius 3 is 2.69 bits per heavy atom. The van der Waals surface area contributed by atoms with Gasteiger partial charge in [0, 0.05) is 30.2 Å². The minimum Gasteiger partial charge on any atom is -0.493 e. The second-order valence-corrected chi connectivity index (χ2v) is 8.99. The summed E-state index contributed by atoms with van der Waals surface area (Å²) >= 11 is 1.74. The highest BCUT2D eigenvalue weighted by Crippen LogP contribution is 2.42. The van der Waals surface area contributed by atoms with E-state index in [-0.39, 0.29) is 11.6 Å². The maximum Gasteiger partial charge on any atom is 0.258 e. The Morgan fingerprint density at radius 2 is 1.94 bits per heavy atom. The van der Waals surface area contributed by atoms with Gasteiger partial charge in [-0.1, -0.05) is 12.1 Å². The lowest BCUT2D eigenvalue weighted by Gasteiger charge is -2.37. The number of aryl methyl sites for hydroxylation is 1. The summed E-state index contributed by atoms with van der Waals surface area (Å²) < 4.78 is 12.7. The molecular formula is C25H25N3O3S. The summed E-state index contributed by atoms with van der Waals surface area (Å²) in [5, 5.41) is 2.10. The molecule has 7 heteroatoms. The molecule has 4 heterocycles. The van der Waals surface area contributed by atoms with E-state index in [9.17, 15) is 4.79 Å². The number of benzene rings is 1. The van der Waals surface area contributed by atoms with Gasteiger partial charge in [-0.15, -0.1) is 11.3 Å². The Hall–Kier alpha value is -3.16. The second kappa shape index (κ2) is 8.41. The molecule has 0 fully saturated rings. The lowest BCUT2D eigenvalue weighted by atomic mass is 9.90. The zero-order valence-electron chi connectivity index (χ0n) is 18.4. The molecule has 0 spiro atoms. The van der Waals surface area contributed by atoms with Crippen LogP contribution in [0.2, 0.25) is 0 Å². The number of pyridine rings is 1. The van der Waals surface area contributed by atoms with Gasteiger partial charge < -0.3 is 9.47 Å². The number of nitrogens with zero attached hydrogens (tertiary/aromatic N) is 3. The van der Waals surface area contributed by atoms with Crippen LogP contribution in [0, 0.1) is 6.92 Å². The quantitative estimate of drug-likeness (QED) is 0.458. The average Bonchev–Trinajstić information content (AvgIpc) is 3.33. The third-order valence-corrected chi connectivity index (χ3v) is 7.02. The predicted molar refractivity (Wildman–Crippen MR) is 126 cm³/mol. The van der Waals surface area contributed by atoms with E-state index in [4.69, 9.17) is 14.5 Å². The highest BCUT2D eigenvalue weighted by Gasteiger charge is 2.31. The fourth-order valence-corrected chi connectivity index (χ4v) is 5.42. The van der Waals surface area contributed by atoms with Crippen LogP contribution in [0.15, 0.2) is 58.8 Å². The molecule has 3 aromatic heterocycles. The third kappa shape index (κ3) is 3.57. The van der Waals surface area contributed by atoms with E-state index in [2.05, 4.69) is 34.5 Å². The SMILES string of the molecule is COc1cc2c(cc1OC)[C@H](c1cccs1)N(Cc1cc(=O)n3cccc(C)c3n1)CC2. The lowest BCUT2D eigenvalue weighted by molar-refractivity contribution is 0.203. The Bertz CT molecular complexity index is 1330. The zero-order valence-corrected chi connectivity index (χ0v) is 19.2. The van der Waals surface area contributed by atoms with Gasteiger partial charge in [0.15, 0.2) is 11.5 Å². The number of methoxy groups -OCH3 is 2. The molecule has 0 saturated heterocycles. The van der Waals surface area contributed by atoms with Crippen LogP contribution >= 0.6 is 11.3 Å². The van der Waals surface area contributed by atoms with Gasteiger partial charge in [-0.3, -0.25) is 14.1 Å². The molecule has 1 aliphatic rings. The molecule has 0 unspecified atom stereocenters. The minimum atomic E-state index is -0.0508. The molecule has 1 atom stereocenters. The Kier molecular flexibility index (Phi) is 5.45. The molecule has 32 heavy (non-hydrogen) atoms. The van der Waals surface area contributed by atoms with Gasteiger partial charge in [-0.2, -0.15) is 0 Å². The standard InChI is InChI=1S/C25H25N3O3S/c1-16-6-4-9-28-23(29)13-18(26-25(16)28)15-27-10-8-17-12-20(30-2)21(31-3)14-19(17)24(27)22-7-5-11-32-22/h4-7,9,11-14,24H,8,10,15H2,1-3H3/t24-/m1/s1. The summed E-state index contributed by atoms with van der Waals surface area (Å²) in [7, 11) is 3.34. The first-order chi connectivity index (χ1) is 15.6. The summed E-state index contributed by atoms with van der Waals surface area (Å²) in [4.78, 5) is 21.2. The molecule has 1 aromatic carbocycles. The van der Waals surface area contributed by atoms with Crippen molar-refractivity contribution in [1.29, 1.82) is 0 Å². The molecule has 0 bridgehead atoms. The molecule has 4 aromatic rings. The zero-order chi connectivity index (χ0) is 22.2. The van der Waals surface area contributed by atoms with E-state index < -0.39 is 0 Å². The number of hydrogen-bond donors (Lipinski definition) is 0. The first-order valence-electron chi connectivity index (χ1n) is 10.6. The number of fused-ring (bicyclic) bond motifs is 2. The van der Waals surface area contributed by atoms with E-state index in [1.165, 1.54) is 16.0 Å². The molecule has 164 valence electrons. The number of aromatic nitrogens is 2. The molecule has 0 saturated carbocycles. The van der Waals surface area contributed by atoms with Crippen LogP contribution in [0.3, 0.4) is 0 Å². The van der Waals surface area contributed by atoms with Crippen molar-refractivity contribution < 1.29 is 9.47 Å². The van der Waals surface area contributed by atoms with Gasteiger partial charge in [-0.25, -0.2) is 4.98 Å². The molecular weight excluding hydrogens is 422 g/mol. The van der Waals surface area contributed by atoms with E-state index in [1.54, 1.807) is 42.2 Å². The summed E-state index contributed by atoms with van der Waals surface area (Å²) in [6, 6.07) is 14.0. The highest BCUT2D eigenvalue weighted by atomic mass is 32.1. The van der Waals surface area contributed by atoms with E-state index in [0.717, 1.165) is 35.7 Å². The van der Waals surface area contributed by atoms with Crippen LogP contribution in [0.5, 0.6) is 11.5 Å². The average molecular weight is 448 g/mol. The lowest BCUT2D eigenvalue weighted by Crippen LogP contribution is -2.36. The van der Waals surface area contributed by atoms with Gasteiger partial charge in [-0.05, 0) is 59.7 Å². The molecule has 5 rings (SSSR count). The van der Waals surface area contributed by atoms with E-state index >= 15 is 0 Å². The van der Waals surface area contributed by atoms with Crippen LogP contribution in [-0.2, 0) is 13.0 Å². The van der Waals surface area contributed by atoms with Crippen LogP contribution < -0.4 is 15.0 Å². The van der Waals surface area contributed by atoms with Crippen LogP contribution in [-0.4, -0.2) is 35.0 Å². The molecule has 0 N–H and O–H groups in total. The normalized spacial score (nSPS) is 16.2. The first-order valence-corrected chi connectivity index (χ1v) is 11.5. The number of hydrogen-bond acceptors (Lipinski definition) is 6.